The second-order valence-corrected chi connectivity index (χ2v) is 37.9. The number of esters is 3. The van der Waals surface area contributed by atoms with Crippen LogP contribution < -0.4 is 118 Å². The van der Waals surface area contributed by atoms with E-state index in [-0.39, 0.29) is 154 Å². The number of rotatable bonds is 37. The molecule has 0 saturated carbocycles. The Bertz CT molecular complexity index is 2720. The number of hydrogen-bond donors (Lipinski definition) is 0. The summed E-state index contributed by atoms with van der Waals surface area (Å²) in [5, 5.41) is 22.9. The predicted octanol–water partition coefficient (Wildman–Crippen LogP) is 9.24. The number of hydrogen-bond acceptors (Lipinski definition) is 16. The third-order valence-electron chi connectivity index (χ3n) is 14.6. The van der Waals surface area contributed by atoms with Gasteiger partial charge in [-0.1, -0.05) is 125 Å². The molecule has 0 bridgehead atoms. The molecule has 2 aromatic carbocycles. The van der Waals surface area contributed by atoms with Crippen LogP contribution in [-0.2, 0) is 62.2 Å². The minimum absolute atomic E-state index is 0. The van der Waals surface area contributed by atoms with Crippen molar-refractivity contribution in [2.45, 2.75) is 237 Å². The molecule has 0 N–H and O–H groups in total. The van der Waals surface area contributed by atoms with Gasteiger partial charge >= 0.3 is 152 Å². The van der Waals surface area contributed by atoms with Gasteiger partial charge in [-0.05, 0) is 177 Å². The molecule has 30 heteroatoms. The van der Waals surface area contributed by atoms with Gasteiger partial charge in [-0.2, -0.15) is 52.0 Å². The Morgan fingerprint density at radius 2 is 0.906 bits per heavy atom. The summed E-state index contributed by atoms with van der Waals surface area (Å²) in [5.41, 5.74) is -11.4. The van der Waals surface area contributed by atoms with E-state index in [0.717, 1.165) is 81.5 Å². The minimum Gasteiger partial charge on any atom is -0.858 e. The SMILES string of the molecule is CC(C)CCCOc1ccc(C([O-])=NS(=O)(=O)C(F)(F)F)cc1.CCC(C)(C)C(=O)OCCCC(C)C.CCC(C)c1ccc(C([O-])=NS(=O)(=O)C(F)(F)F)cc1.CCCC[Si](C)(C)O[Si](C)(C)CCCOC(=O)C(C)(C)CC.CCOCCOCCOC(=O)C(C)CC.[K+].[K+]. The van der Waals surface area contributed by atoms with E-state index in [9.17, 15) is 67.8 Å². The smallest absolute Gasteiger partial charge is 0.858 e. The Kier molecular flexibility index (Phi) is 56.6. The fourth-order valence-corrected chi connectivity index (χ4v) is 17.2. The fraction of sp³-hybridized carbons (Fsp3) is 0.742. The molecule has 0 aromatic heterocycles. The molecule has 0 aliphatic rings. The van der Waals surface area contributed by atoms with Crippen LogP contribution in [0.3, 0.4) is 0 Å². The topological polar surface area (TPSA) is 255 Å². The summed E-state index contributed by atoms with van der Waals surface area (Å²) < 4.78 is 158. The molecule has 0 spiro atoms. The first-order valence-corrected chi connectivity index (χ1v) is 41.7. The van der Waals surface area contributed by atoms with Crippen molar-refractivity contribution in [1.29, 1.82) is 0 Å². The average Bonchev–Trinajstić information content (AvgIpc) is 0.945. The van der Waals surface area contributed by atoms with Crippen molar-refractivity contribution >= 4 is 66.4 Å². The van der Waals surface area contributed by atoms with Gasteiger partial charge in [0.05, 0.1) is 56.4 Å². The molecule has 0 aliphatic heterocycles. The van der Waals surface area contributed by atoms with Crippen LogP contribution in [-0.4, -0.2) is 127 Å². The fourth-order valence-electron chi connectivity index (χ4n) is 7.32. The van der Waals surface area contributed by atoms with Crippen LogP contribution in [0.5, 0.6) is 5.75 Å². The third-order valence-corrected chi connectivity index (χ3v) is 24.1. The van der Waals surface area contributed by atoms with E-state index in [4.69, 9.17) is 32.5 Å². The van der Waals surface area contributed by atoms with E-state index >= 15 is 0 Å². The number of ether oxygens (including phenoxy) is 6. The van der Waals surface area contributed by atoms with Crippen molar-refractivity contribution in [3.05, 3.63) is 65.2 Å². The summed E-state index contributed by atoms with van der Waals surface area (Å²) in [6.07, 6.45) is 10.7. The Labute approximate surface area is 659 Å². The molecule has 2 unspecified atom stereocenters. The maximum Gasteiger partial charge on any atom is 1.00 e. The maximum atomic E-state index is 12.1. The van der Waals surface area contributed by atoms with Gasteiger partial charge in [-0.15, -0.1) is 0 Å². The Hall–Kier alpha value is -1.34. The predicted molar refractivity (Wildman–Crippen MR) is 361 cm³/mol. The molecule has 2 atom stereocenters. The van der Waals surface area contributed by atoms with Gasteiger partial charge in [-0.3, -0.25) is 14.4 Å². The van der Waals surface area contributed by atoms with Crippen LogP contribution in [0.2, 0.25) is 38.3 Å². The Balaban J connectivity index is -0.000000362. The number of halogens is 6. The summed E-state index contributed by atoms with van der Waals surface area (Å²) in [5.74, 6) is -1.31. The van der Waals surface area contributed by atoms with Crippen molar-refractivity contribution in [2.24, 2.45) is 37.4 Å². The summed E-state index contributed by atoms with van der Waals surface area (Å²) >= 11 is 0. The van der Waals surface area contributed by atoms with Crippen molar-refractivity contribution in [3.63, 3.8) is 0 Å². The van der Waals surface area contributed by atoms with Crippen LogP contribution >= 0.6 is 0 Å². The van der Waals surface area contributed by atoms with Gasteiger partial charge in [0.1, 0.15) is 12.4 Å². The number of unbranched alkanes of at least 4 members (excludes halogenated alkanes) is 1. The first-order chi connectivity index (χ1) is 43.2. The first kappa shape index (κ1) is 103. The van der Waals surface area contributed by atoms with Crippen molar-refractivity contribution in [1.82, 2.24) is 0 Å². The van der Waals surface area contributed by atoms with Gasteiger partial charge in [0.2, 0.25) is 0 Å². The Morgan fingerprint density at radius 3 is 1.28 bits per heavy atom. The largest absolute Gasteiger partial charge is 1.00 e. The van der Waals surface area contributed by atoms with Crippen LogP contribution in [0.1, 0.15) is 204 Å². The molecule has 0 saturated heterocycles. The van der Waals surface area contributed by atoms with Crippen LogP contribution in [0.15, 0.2) is 57.3 Å². The second kappa shape index (κ2) is 52.6. The zero-order valence-electron chi connectivity index (χ0n) is 61.8. The zero-order chi connectivity index (χ0) is 73.4. The Morgan fingerprint density at radius 1 is 0.521 bits per heavy atom. The number of alkyl halides is 6. The molecule has 0 amide bonds. The van der Waals surface area contributed by atoms with Crippen molar-refractivity contribution in [3.8, 4) is 5.75 Å². The molecule has 18 nitrogen and oxygen atoms in total. The normalized spacial score (nSPS) is 13.1. The number of benzene rings is 2. The molecule has 2 rings (SSSR count). The molecular weight excluding hydrogens is 1390 g/mol. The molecule has 96 heavy (non-hydrogen) atoms. The molecule has 0 fully saturated rings. The first-order valence-electron chi connectivity index (χ1n) is 32.5. The van der Waals surface area contributed by atoms with Crippen molar-refractivity contribution < 1.29 is 203 Å². The second-order valence-electron chi connectivity index (χ2n) is 25.9. The van der Waals surface area contributed by atoms with Crippen molar-refractivity contribution in [2.75, 3.05) is 52.9 Å². The van der Waals surface area contributed by atoms with Crippen LogP contribution in [0.4, 0.5) is 26.3 Å². The van der Waals surface area contributed by atoms with Gasteiger partial charge in [0, 0.05) is 18.4 Å². The molecular formula is C66H114F6K2N2O16S2Si2. The van der Waals surface area contributed by atoms with E-state index in [2.05, 4.69) is 69.6 Å². The average molecular weight is 1500 g/mol. The van der Waals surface area contributed by atoms with E-state index in [0.29, 0.717) is 70.4 Å². The maximum absolute atomic E-state index is 12.1. The van der Waals surface area contributed by atoms with Gasteiger partial charge in [-0.25, -0.2) is 0 Å². The van der Waals surface area contributed by atoms with Crippen LogP contribution in [0, 0.1) is 28.6 Å². The summed E-state index contributed by atoms with van der Waals surface area (Å²) in [6.45, 7) is 45.7. The molecule has 0 radical (unpaired) electrons. The quantitative estimate of drug-likeness (QED) is 0.0116. The summed E-state index contributed by atoms with van der Waals surface area (Å²) in [4.78, 5) is 34.7. The van der Waals surface area contributed by atoms with E-state index < -0.39 is 59.5 Å². The molecule has 0 heterocycles. The number of sulfonamides is 2. The summed E-state index contributed by atoms with van der Waals surface area (Å²) in [6, 6.07) is 13.0. The molecule has 2 aromatic rings. The molecule has 0 aliphatic carbocycles. The number of carbonyl (C=O) groups is 3. The van der Waals surface area contributed by atoms with Gasteiger partial charge in [0.15, 0.2) is 16.6 Å². The van der Waals surface area contributed by atoms with E-state index in [1.54, 1.807) is 12.1 Å². The standard InChI is InChI=1S/C17H38O3Si2.C14H18F3NO4S.C12H14F3NO3S.C12H24O2.C11H22O4.2K/c1-9-11-14-21(5,6)20-22(7,8)15-12-13-19-16(18)17(3,4)10-2;1-10(2)4-3-9-22-12-7-5-11(6-8-12)13(19)18-23(20,21)14(15,16)17;1-3-8(2)9-4-6-10(7-5-9)11(17)16-20(18,19)12(13,14)15;1-6-12(4,5)11(13)14-9-7-8-10(2)3;1-4-10(3)11(12)15-9-8-14-7-6-13-5-2;;/h9-15H2,1-8H3;5-8,10H,3-4,9H2,1-2H3,(H,18,19);4-8H,3H2,1-2H3,(H,16,17);10H,6-9H2,1-5H3;10H,4-9H2,1-3H3;;/q;;;;;2*+1/p-2. The zero-order valence-corrected chi connectivity index (χ0v) is 71.7. The van der Waals surface area contributed by atoms with Gasteiger partial charge in [0.25, 0.3) is 0 Å². The monoisotopic (exact) mass is 1500 g/mol. The van der Waals surface area contributed by atoms with E-state index in [1.165, 1.54) is 43.2 Å². The third kappa shape index (κ3) is 48.5. The van der Waals surface area contributed by atoms with Crippen LogP contribution in [0.25, 0.3) is 0 Å². The van der Waals surface area contributed by atoms with Gasteiger partial charge < -0.3 is 42.7 Å². The summed E-state index contributed by atoms with van der Waals surface area (Å²) in [7, 11) is -14.8. The minimum atomic E-state index is -5.84. The number of nitrogens with zero attached hydrogens (tertiary/aromatic N) is 2. The van der Waals surface area contributed by atoms with E-state index in [1.807, 2.05) is 76.2 Å². The number of carbonyl (C=O) groups excluding carboxylic acids is 3. The molecule has 548 valence electrons.